The van der Waals surface area contributed by atoms with Gasteiger partial charge in [0.25, 0.3) is 0 Å². The molecule has 0 atom stereocenters. The van der Waals surface area contributed by atoms with Gasteiger partial charge in [0.05, 0.1) is 12.1 Å². The smallest absolute Gasteiger partial charge is 0.0823 e. The van der Waals surface area contributed by atoms with E-state index in [2.05, 4.69) is 5.28 Å². The maximum Gasteiger partial charge on any atom is 0.0823 e. The Morgan fingerprint density at radius 1 is 1.18 bits per heavy atom. The summed E-state index contributed by atoms with van der Waals surface area (Å²) in [6.45, 7) is 7.32. The summed E-state index contributed by atoms with van der Waals surface area (Å²) < 4.78 is 0. The topological polar surface area (TPSA) is 64.7 Å². The van der Waals surface area contributed by atoms with E-state index in [0.29, 0.717) is 0 Å². The molecule has 5 heteroatoms. The van der Waals surface area contributed by atoms with Crippen molar-refractivity contribution in [2.45, 2.75) is 39.8 Å². The number of hydrogen-bond acceptors (Lipinski definition) is 3. The lowest BCUT2D eigenvalue weighted by atomic mass is 10.3. The molecule has 0 aliphatic heterocycles. The predicted octanol–water partition coefficient (Wildman–Crippen LogP) is 1.48. The summed E-state index contributed by atoms with van der Waals surface area (Å²) in [5.41, 5.74) is 0. The third-order valence-corrected chi connectivity index (χ3v) is 1.33. The van der Waals surface area contributed by atoms with E-state index in [-0.39, 0.29) is 17.1 Å². The lowest BCUT2D eigenvalue weighted by Crippen LogP contribution is -2.41. The number of nitrogens with zero attached hydrogens (tertiary/aromatic N) is 3. The van der Waals surface area contributed by atoms with Crippen molar-refractivity contribution in [3.05, 3.63) is 10.4 Å². The molecule has 0 aromatic carbocycles. The Bertz CT molecular complexity index is 137. The Morgan fingerprint density at radius 3 is 1.64 bits per heavy atom. The van der Waals surface area contributed by atoms with Crippen LogP contribution in [-0.2, 0) is 0 Å². The summed E-state index contributed by atoms with van der Waals surface area (Å²) in [5.74, 6) is 0. The van der Waals surface area contributed by atoms with Gasteiger partial charge in [-0.15, -0.1) is 5.01 Å². The van der Waals surface area contributed by atoms with Gasteiger partial charge in [0, 0.05) is 4.97 Å². The second kappa shape index (κ2) is 4.00. The molecular weight excluding hydrogens is 146 g/mol. The standard InChI is InChI=1S/C6H15N3O2/c1-5(2)8(6(3)4)9(11)7-10/h5-6,10H,1-4H3/p-1/b9-7-. The zero-order chi connectivity index (χ0) is 9.02. The van der Waals surface area contributed by atoms with Gasteiger partial charge in [-0.3, -0.25) is 0 Å². The van der Waals surface area contributed by atoms with E-state index < -0.39 is 0 Å². The fourth-order valence-corrected chi connectivity index (χ4v) is 1.03. The Kier molecular flexibility index (Phi) is 3.64. The highest BCUT2D eigenvalue weighted by Gasteiger charge is 2.19. The van der Waals surface area contributed by atoms with Crippen molar-refractivity contribution >= 4 is 0 Å². The molecule has 0 fully saturated rings. The molecule has 0 bridgehead atoms. The molecular formula is C6H14N3O2-. The van der Waals surface area contributed by atoms with E-state index in [1.165, 1.54) is 5.01 Å². The van der Waals surface area contributed by atoms with Gasteiger partial charge < -0.3 is 10.4 Å². The second-order valence-corrected chi connectivity index (χ2v) is 2.90. The van der Waals surface area contributed by atoms with Crippen LogP contribution in [0.25, 0.3) is 0 Å². The first-order chi connectivity index (χ1) is 5.00. The molecule has 0 N–H and O–H groups in total. The SMILES string of the molecule is CC(C)N(C(C)C)/[N+]([O-])=N/[O-]. The van der Waals surface area contributed by atoms with Crippen LogP contribution in [0.4, 0.5) is 0 Å². The monoisotopic (exact) mass is 160 g/mol. The lowest BCUT2D eigenvalue weighted by Gasteiger charge is -2.26. The number of hydrazine groups is 1. The Labute approximate surface area is 66.4 Å². The van der Waals surface area contributed by atoms with Crippen molar-refractivity contribution in [2.24, 2.45) is 5.28 Å². The van der Waals surface area contributed by atoms with Crippen LogP contribution in [0.5, 0.6) is 0 Å². The highest BCUT2D eigenvalue weighted by Crippen LogP contribution is 2.04. The zero-order valence-electron chi connectivity index (χ0n) is 7.31. The van der Waals surface area contributed by atoms with Crippen LogP contribution < -0.4 is 0 Å². The molecule has 0 amide bonds. The Balaban J connectivity index is 4.35. The average molecular weight is 160 g/mol. The average Bonchev–Trinajstić information content (AvgIpc) is 1.85. The third-order valence-electron chi connectivity index (χ3n) is 1.33. The molecule has 0 aromatic heterocycles. The first kappa shape index (κ1) is 10.0. The maximum absolute atomic E-state index is 10.8. The van der Waals surface area contributed by atoms with E-state index in [9.17, 15) is 10.4 Å². The molecule has 0 unspecified atom stereocenters. The molecule has 11 heavy (non-hydrogen) atoms. The normalized spacial score (nSPS) is 12.7. The van der Waals surface area contributed by atoms with Crippen molar-refractivity contribution in [3.63, 3.8) is 0 Å². The van der Waals surface area contributed by atoms with E-state index in [4.69, 9.17) is 0 Å². The fourth-order valence-electron chi connectivity index (χ4n) is 1.03. The van der Waals surface area contributed by atoms with Crippen molar-refractivity contribution < 1.29 is 4.97 Å². The molecule has 0 aromatic rings. The van der Waals surface area contributed by atoms with Crippen molar-refractivity contribution in [3.8, 4) is 0 Å². The molecule has 0 heterocycles. The van der Waals surface area contributed by atoms with Crippen LogP contribution in [-0.4, -0.2) is 22.1 Å². The summed E-state index contributed by atoms with van der Waals surface area (Å²) in [6.07, 6.45) is 0. The predicted molar refractivity (Wildman–Crippen MR) is 41.5 cm³/mol. The van der Waals surface area contributed by atoms with Gasteiger partial charge >= 0.3 is 0 Å². The van der Waals surface area contributed by atoms with Gasteiger partial charge in [0.2, 0.25) is 0 Å². The highest BCUT2D eigenvalue weighted by atomic mass is 16.6. The number of hydrogen-bond donors (Lipinski definition) is 0. The van der Waals surface area contributed by atoms with Crippen LogP contribution in [0, 0.1) is 10.4 Å². The Hall–Kier alpha value is -1.00. The minimum Gasteiger partial charge on any atom is -0.737 e. The van der Waals surface area contributed by atoms with Crippen LogP contribution in [0.15, 0.2) is 5.28 Å². The molecule has 0 spiro atoms. The third kappa shape index (κ3) is 2.61. The first-order valence-electron chi connectivity index (χ1n) is 3.59. The fraction of sp³-hybridized carbons (Fsp3) is 1.00. The quantitative estimate of drug-likeness (QED) is 0.357. The van der Waals surface area contributed by atoms with E-state index in [1.807, 2.05) is 27.7 Å². The van der Waals surface area contributed by atoms with E-state index in [0.717, 1.165) is 0 Å². The minimum absolute atomic E-state index is 0.00907. The summed E-state index contributed by atoms with van der Waals surface area (Å²) in [6, 6.07) is -0.0181. The summed E-state index contributed by atoms with van der Waals surface area (Å²) >= 11 is 0. The largest absolute Gasteiger partial charge is 0.737 e. The molecule has 0 radical (unpaired) electrons. The van der Waals surface area contributed by atoms with Crippen LogP contribution in [0.3, 0.4) is 0 Å². The first-order valence-corrected chi connectivity index (χ1v) is 3.59. The highest BCUT2D eigenvalue weighted by molar-refractivity contribution is 4.55. The molecule has 5 nitrogen and oxygen atoms in total. The number of rotatable bonds is 3. The molecule has 66 valence electrons. The van der Waals surface area contributed by atoms with Crippen LogP contribution in [0.2, 0.25) is 0 Å². The van der Waals surface area contributed by atoms with Gasteiger partial charge in [-0.1, -0.05) is 0 Å². The molecule has 0 saturated heterocycles. The summed E-state index contributed by atoms with van der Waals surface area (Å²) in [4.78, 5) is 0.0926. The van der Waals surface area contributed by atoms with E-state index >= 15 is 0 Å². The maximum atomic E-state index is 10.8. The summed E-state index contributed by atoms with van der Waals surface area (Å²) in [5, 5.41) is 24.3. The second-order valence-electron chi connectivity index (χ2n) is 2.90. The molecule has 0 aliphatic carbocycles. The molecule has 0 saturated carbocycles. The van der Waals surface area contributed by atoms with Crippen LogP contribution >= 0.6 is 0 Å². The van der Waals surface area contributed by atoms with Crippen molar-refractivity contribution in [1.29, 1.82) is 0 Å². The molecule has 0 aliphatic rings. The Morgan fingerprint density at radius 2 is 1.55 bits per heavy atom. The minimum atomic E-state index is -0.00907. The van der Waals surface area contributed by atoms with Gasteiger partial charge in [0.1, 0.15) is 0 Å². The van der Waals surface area contributed by atoms with Crippen molar-refractivity contribution in [1.82, 2.24) is 5.01 Å². The summed E-state index contributed by atoms with van der Waals surface area (Å²) in [7, 11) is 0. The molecule has 0 rings (SSSR count). The van der Waals surface area contributed by atoms with Crippen LogP contribution in [0.1, 0.15) is 27.7 Å². The van der Waals surface area contributed by atoms with Gasteiger partial charge in [-0.2, -0.15) is 0 Å². The van der Waals surface area contributed by atoms with Gasteiger partial charge in [-0.05, 0) is 33.0 Å². The van der Waals surface area contributed by atoms with Crippen molar-refractivity contribution in [2.75, 3.05) is 0 Å². The lowest BCUT2D eigenvalue weighted by molar-refractivity contribution is -0.704. The van der Waals surface area contributed by atoms with Gasteiger partial charge in [0.15, 0.2) is 0 Å². The zero-order valence-corrected chi connectivity index (χ0v) is 7.31. The van der Waals surface area contributed by atoms with E-state index in [1.54, 1.807) is 0 Å². The van der Waals surface area contributed by atoms with Gasteiger partial charge in [-0.25, -0.2) is 0 Å².